The summed E-state index contributed by atoms with van der Waals surface area (Å²) in [6.45, 7) is 1.59. The molecular formula is C21H25N3O5. The van der Waals surface area contributed by atoms with Crippen LogP contribution in [0.1, 0.15) is 12.5 Å². The molecule has 0 saturated carbocycles. The van der Waals surface area contributed by atoms with Crippen LogP contribution in [0.3, 0.4) is 0 Å². The highest BCUT2D eigenvalue weighted by Gasteiger charge is 2.06. The van der Waals surface area contributed by atoms with Crippen LogP contribution in [0, 0.1) is 0 Å². The van der Waals surface area contributed by atoms with Crippen LogP contribution >= 0.6 is 0 Å². The van der Waals surface area contributed by atoms with Gasteiger partial charge in [0.1, 0.15) is 17.2 Å². The van der Waals surface area contributed by atoms with Gasteiger partial charge in [0, 0.05) is 14.1 Å². The van der Waals surface area contributed by atoms with E-state index >= 15 is 0 Å². The third-order valence-corrected chi connectivity index (χ3v) is 3.91. The van der Waals surface area contributed by atoms with Gasteiger partial charge in [-0.25, -0.2) is 5.43 Å². The molecule has 0 unspecified atom stereocenters. The Labute approximate surface area is 170 Å². The summed E-state index contributed by atoms with van der Waals surface area (Å²) in [6.07, 6.45) is 0. The van der Waals surface area contributed by atoms with Crippen molar-refractivity contribution >= 4 is 17.5 Å². The molecule has 2 aromatic carbocycles. The number of hydrogen-bond acceptors (Lipinski definition) is 6. The molecule has 2 aromatic rings. The van der Waals surface area contributed by atoms with Gasteiger partial charge in [-0.1, -0.05) is 0 Å². The fourth-order valence-corrected chi connectivity index (χ4v) is 2.13. The molecule has 0 aliphatic heterocycles. The number of nitrogens with zero attached hydrogens (tertiary/aromatic N) is 2. The maximum atomic E-state index is 11.9. The molecule has 0 atom stereocenters. The van der Waals surface area contributed by atoms with E-state index in [1.165, 1.54) is 4.90 Å². The quantitative estimate of drug-likeness (QED) is 0.515. The molecule has 1 N–H and O–H groups in total. The average molecular weight is 399 g/mol. The number of hydrogen-bond donors (Lipinski definition) is 1. The Morgan fingerprint density at radius 3 is 1.97 bits per heavy atom. The summed E-state index contributed by atoms with van der Waals surface area (Å²) in [5.41, 5.74) is 3.90. The van der Waals surface area contributed by atoms with Crippen molar-refractivity contribution in [3.8, 4) is 17.2 Å². The van der Waals surface area contributed by atoms with Gasteiger partial charge in [0.05, 0.1) is 12.8 Å². The second-order valence-corrected chi connectivity index (χ2v) is 6.30. The Morgan fingerprint density at radius 1 is 0.897 bits per heavy atom. The number of carbonyl (C=O) groups excluding carboxylic acids is 2. The van der Waals surface area contributed by atoms with E-state index in [0.29, 0.717) is 23.0 Å². The summed E-state index contributed by atoms with van der Waals surface area (Å²) in [7, 11) is 4.92. The van der Waals surface area contributed by atoms with Gasteiger partial charge in [0.15, 0.2) is 13.2 Å². The highest BCUT2D eigenvalue weighted by molar-refractivity contribution is 5.99. The minimum absolute atomic E-state index is 0.0241. The highest BCUT2D eigenvalue weighted by Crippen LogP contribution is 2.17. The van der Waals surface area contributed by atoms with E-state index < -0.39 is 0 Å². The minimum Gasteiger partial charge on any atom is -0.497 e. The predicted octanol–water partition coefficient (Wildman–Crippen LogP) is 2.08. The molecule has 0 spiro atoms. The summed E-state index contributed by atoms with van der Waals surface area (Å²) in [6, 6.07) is 14.0. The summed E-state index contributed by atoms with van der Waals surface area (Å²) >= 11 is 0. The van der Waals surface area contributed by atoms with E-state index in [9.17, 15) is 9.59 Å². The molecule has 0 radical (unpaired) electrons. The first-order chi connectivity index (χ1) is 13.9. The second-order valence-electron chi connectivity index (χ2n) is 6.30. The number of nitrogens with one attached hydrogen (secondary N) is 1. The van der Waals surface area contributed by atoms with E-state index in [2.05, 4.69) is 10.5 Å². The van der Waals surface area contributed by atoms with Gasteiger partial charge in [-0.2, -0.15) is 5.10 Å². The molecule has 0 saturated heterocycles. The van der Waals surface area contributed by atoms with Gasteiger partial charge >= 0.3 is 0 Å². The Kier molecular flexibility index (Phi) is 8.02. The fraction of sp³-hybridized carbons (Fsp3) is 0.286. The van der Waals surface area contributed by atoms with E-state index in [4.69, 9.17) is 14.2 Å². The van der Waals surface area contributed by atoms with Crippen molar-refractivity contribution < 1.29 is 23.8 Å². The lowest BCUT2D eigenvalue weighted by Gasteiger charge is -2.11. The molecule has 0 aliphatic carbocycles. The van der Waals surface area contributed by atoms with Gasteiger partial charge in [-0.15, -0.1) is 0 Å². The molecule has 0 heterocycles. The molecule has 2 rings (SSSR count). The Bertz CT molecular complexity index is 846. The number of likely N-dealkylation sites (N-methyl/N-ethyl adjacent to an activating group) is 1. The largest absolute Gasteiger partial charge is 0.497 e. The Morgan fingerprint density at radius 2 is 1.41 bits per heavy atom. The van der Waals surface area contributed by atoms with Gasteiger partial charge < -0.3 is 19.1 Å². The number of rotatable bonds is 9. The van der Waals surface area contributed by atoms with Crippen LogP contribution in [0.5, 0.6) is 17.2 Å². The number of ether oxygens (including phenoxy) is 3. The van der Waals surface area contributed by atoms with E-state index in [1.807, 2.05) is 0 Å². The minimum atomic E-state index is -0.373. The van der Waals surface area contributed by atoms with E-state index in [-0.39, 0.29) is 25.0 Å². The zero-order valence-corrected chi connectivity index (χ0v) is 17.0. The van der Waals surface area contributed by atoms with Crippen LogP contribution in [0.2, 0.25) is 0 Å². The number of carbonyl (C=O) groups is 2. The lowest BCUT2D eigenvalue weighted by atomic mass is 10.1. The third kappa shape index (κ3) is 7.17. The van der Waals surface area contributed by atoms with Crippen molar-refractivity contribution in [2.45, 2.75) is 6.92 Å². The topological polar surface area (TPSA) is 89.5 Å². The maximum absolute atomic E-state index is 11.9. The summed E-state index contributed by atoms with van der Waals surface area (Å²) < 4.78 is 15.9. The molecule has 29 heavy (non-hydrogen) atoms. The molecule has 8 nitrogen and oxygen atoms in total. The first kappa shape index (κ1) is 21.7. The standard InChI is InChI=1S/C21H25N3O5/c1-15(16-5-7-18(8-6-16)29-14-21(26)24(2)3)22-23-20(25)13-28-19-11-9-17(27-4)10-12-19/h5-12H,13-14H2,1-4H3,(H,23,25)/b22-15+. The van der Waals surface area contributed by atoms with E-state index in [1.54, 1.807) is 76.7 Å². The van der Waals surface area contributed by atoms with E-state index in [0.717, 1.165) is 5.56 Å². The molecule has 0 aliphatic rings. The molecule has 2 amide bonds. The third-order valence-electron chi connectivity index (χ3n) is 3.91. The number of hydrazone groups is 1. The van der Waals surface area contributed by atoms with Crippen LogP contribution in [-0.2, 0) is 9.59 Å². The molecule has 8 heteroatoms. The summed E-state index contributed by atoms with van der Waals surface area (Å²) in [5, 5.41) is 4.08. The van der Waals surface area contributed by atoms with Crippen LogP contribution < -0.4 is 19.6 Å². The molecule has 0 fully saturated rings. The van der Waals surface area contributed by atoms with Crippen LogP contribution in [0.4, 0.5) is 0 Å². The smallest absolute Gasteiger partial charge is 0.277 e. The first-order valence-electron chi connectivity index (χ1n) is 8.92. The van der Waals surface area contributed by atoms with Crippen molar-refractivity contribution in [1.82, 2.24) is 10.3 Å². The normalized spacial score (nSPS) is 10.8. The monoisotopic (exact) mass is 399 g/mol. The van der Waals surface area contributed by atoms with Crippen molar-refractivity contribution in [2.75, 3.05) is 34.4 Å². The highest BCUT2D eigenvalue weighted by atomic mass is 16.5. The fourth-order valence-electron chi connectivity index (χ4n) is 2.13. The Hall–Kier alpha value is -3.55. The molecule has 154 valence electrons. The zero-order valence-electron chi connectivity index (χ0n) is 17.0. The van der Waals surface area contributed by atoms with Gasteiger partial charge in [0.2, 0.25) is 0 Å². The van der Waals surface area contributed by atoms with Gasteiger partial charge in [-0.3, -0.25) is 9.59 Å². The molecule has 0 aromatic heterocycles. The van der Waals surface area contributed by atoms with Crippen molar-refractivity contribution in [2.24, 2.45) is 5.10 Å². The molecule has 0 bridgehead atoms. The summed E-state index contributed by atoms with van der Waals surface area (Å²) in [4.78, 5) is 24.9. The predicted molar refractivity (Wildman–Crippen MR) is 109 cm³/mol. The SMILES string of the molecule is COc1ccc(OCC(=O)N/N=C(\C)c2ccc(OCC(=O)N(C)C)cc2)cc1. The second kappa shape index (κ2) is 10.7. The molecular weight excluding hydrogens is 374 g/mol. The number of benzene rings is 2. The maximum Gasteiger partial charge on any atom is 0.277 e. The number of methoxy groups -OCH3 is 1. The van der Waals surface area contributed by atoms with Gasteiger partial charge in [-0.05, 0) is 61.0 Å². The van der Waals surface area contributed by atoms with Crippen molar-refractivity contribution in [3.05, 3.63) is 54.1 Å². The Balaban J connectivity index is 1.81. The van der Waals surface area contributed by atoms with Crippen LogP contribution in [0.15, 0.2) is 53.6 Å². The average Bonchev–Trinajstić information content (AvgIpc) is 2.74. The lowest BCUT2D eigenvalue weighted by molar-refractivity contribution is -0.130. The summed E-state index contributed by atoms with van der Waals surface area (Å²) in [5.74, 6) is 1.36. The lowest BCUT2D eigenvalue weighted by Crippen LogP contribution is -2.27. The first-order valence-corrected chi connectivity index (χ1v) is 8.92. The van der Waals surface area contributed by atoms with Crippen molar-refractivity contribution in [1.29, 1.82) is 0 Å². The number of amides is 2. The van der Waals surface area contributed by atoms with Crippen LogP contribution in [-0.4, -0.2) is 56.8 Å². The van der Waals surface area contributed by atoms with Crippen molar-refractivity contribution in [3.63, 3.8) is 0 Å². The van der Waals surface area contributed by atoms with Crippen LogP contribution in [0.25, 0.3) is 0 Å². The zero-order chi connectivity index (χ0) is 21.2. The van der Waals surface area contributed by atoms with Gasteiger partial charge in [0.25, 0.3) is 11.8 Å².